The Kier molecular flexibility index (Phi) is 6.42. The highest BCUT2D eigenvalue weighted by Gasteiger charge is 2.35. The molecular weight excluding hydrogens is 442 g/mol. The van der Waals surface area contributed by atoms with Gasteiger partial charge in [0.25, 0.3) is 5.56 Å². The zero-order valence-electron chi connectivity index (χ0n) is 19.0. The Hall–Kier alpha value is -3.32. The summed E-state index contributed by atoms with van der Waals surface area (Å²) in [4.78, 5) is 29.8. The first-order valence-electron chi connectivity index (χ1n) is 10.8. The lowest BCUT2D eigenvalue weighted by atomic mass is 10.1. The maximum Gasteiger partial charge on any atom is 0.302 e. The third-order valence-corrected chi connectivity index (χ3v) is 6.19. The number of nitrogens with zero attached hydrogens (tertiary/aromatic N) is 2. The van der Waals surface area contributed by atoms with Crippen LogP contribution >= 0.6 is 11.6 Å². The topological polar surface area (TPSA) is 82.5 Å². The monoisotopic (exact) mass is 467 g/mol. The zero-order chi connectivity index (χ0) is 23.7. The molecule has 0 aliphatic heterocycles. The van der Waals surface area contributed by atoms with Crippen molar-refractivity contribution in [1.29, 1.82) is 0 Å². The lowest BCUT2D eigenvalue weighted by Crippen LogP contribution is -2.32. The molecule has 7 nitrogen and oxygen atoms in total. The highest BCUT2D eigenvalue weighted by molar-refractivity contribution is 6.33. The van der Waals surface area contributed by atoms with E-state index in [1.54, 1.807) is 29.9 Å². The van der Waals surface area contributed by atoms with Gasteiger partial charge in [-0.2, -0.15) is 0 Å². The quantitative estimate of drug-likeness (QED) is 0.536. The number of methoxy groups -OCH3 is 1. The number of rotatable bonds is 6. The summed E-state index contributed by atoms with van der Waals surface area (Å²) in [6.07, 6.45) is 0.228. The number of ether oxygens (including phenoxy) is 2. The van der Waals surface area contributed by atoms with Crippen molar-refractivity contribution < 1.29 is 14.3 Å². The fourth-order valence-corrected chi connectivity index (χ4v) is 4.63. The SMILES string of the molecule is CCn1c(NC2c3ccccc3CC2OC(C)=O)c(C)nc(-c2ccc(OC)cc2Cl)c1=O. The van der Waals surface area contributed by atoms with Crippen LogP contribution in [0.1, 0.15) is 36.7 Å². The van der Waals surface area contributed by atoms with Gasteiger partial charge < -0.3 is 14.8 Å². The molecule has 2 aromatic carbocycles. The molecule has 2 unspecified atom stereocenters. The summed E-state index contributed by atoms with van der Waals surface area (Å²) in [7, 11) is 1.56. The molecule has 8 heteroatoms. The molecule has 0 saturated heterocycles. The Balaban J connectivity index is 1.78. The van der Waals surface area contributed by atoms with Crippen molar-refractivity contribution >= 4 is 23.4 Å². The number of aryl methyl sites for hydroxylation is 1. The third kappa shape index (κ3) is 4.33. The molecule has 0 spiro atoms. The molecule has 1 aliphatic rings. The minimum absolute atomic E-state index is 0.256. The molecular formula is C25H26ClN3O4. The number of fused-ring (bicyclic) bond motifs is 1. The lowest BCUT2D eigenvalue weighted by molar-refractivity contribution is -0.146. The molecule has 0 fully saturated rings. The normalized spacial score (nSPS) is 16.9. The first-order valence-corrected chi connectivity index (χ1v) is 11.2. The molecule has 172 valence electrons. The van der Waals surface area contributed by atoms with E-state index >= 15 is 0 Å². The lowest BCUT2D eigenvalue weighted by Gasteiger charge is -2.25. The van der Waals surface area contributed by atoms with Crippen molar-refractivity contribution in [3.8, 4) is 17.0 Å². The summed E-state index contributed by atoms with van der Waals surface area (Å²) < 4.78 is 12.5. The summed E-state index contributed by atoms with van der Waals surface area (Å²) in [5.74, 6) is 0.854. The smallest absolute Gasteiger partial charge is 0.302 e. The van der Waals surface area contributed by atoms with Crippen LogP contribution in [0, 0.1) is 6.92 Å². The number of carbonyl (C=O) groups is 1. The number of aromatic nitrogens is 2. The Labute approximate surface area is 197 Å². The maximum atomic E-state index is 13.4. The summed E-state index contributed by atoms with van der Waals surface area (Å²) in [6.45, 7) is 5.58. The van der Waals surface area contributed by atoms with Gasteiger partial charge in [-0.15, -0.1) is 0 Å². The van der Waals surface area contributed by atoms with Crippen molar-refractivity contribution in [1.82, 2.24) is 9.55 Å². The van der Waals surface area contributed by atoms with Crippen LogP contribution in [-0.4, -0.2) is 28.7 Å². The van der Waals surface area contributed by atoms with E-state index in [1.165, 1.54) is 6.92 Å². The fourth-order valence-electron chi connectivity index (χ4n) is 4.37. The third-order valence-electron chi connectivity index (χ3n) is 5.88. The van der Waals surface area contributed by atoms with Gasteiger partial charge in [0.15, 0.2) is 0 Å². The molecule has 3 aromatic rings. The molecule has 2 atom stereocenters. The van der Waals surface area contributed by atoms with Crippen LogP contribution < -0.4 is 15.6 Å². The second-order valence-corrected chi connectivity index (χ2v) is 8.37. The molecule has 1 aromatic heterocycles. The second-order valence-electron chi connectivity index (χ2n) is 7.96. The Bertz CT molecular complexity index is 1270. The molecule has 33 heavy (non-hydrogen) atoms. The Morgan fingerprint density at radius 1 is 1.27 bits per heavy atom. The van der Waals surface area contributed by atoms with Gasteiger partial charge in [-0.05, 0) is 43.2 Å². The number of hydrogen-bond donors (Lipinski definition) is 1. The minimum Gasteiger partial charge on any atom is -0.497 e. The van der Waals surface area contributed by atoms with E-state index in [1.807, 2.05) is 38.1 Å². The van der Waals surface area contributed by atoms with E-state index in [4.69, 9.17) is 21.1 Å². The van der Waals surface area contributed by atoms with E-state index in [2.05, 4.69) is 10.3 Å². The molecule has 1 aliphatic carbocycles. The Morgan fingerprint density at radius 2 is 2.03 bits per heavy atom. The molecule has 0 bridgehead atoms. The highest BCUT2D eigenvalue weighted by Crippen LogP contribution is 2.37. The van der Waals surface area contributed by atoms with Gasteiger partial charge in [-0.1, -0.05) is 35.9 Å². The average Bonchev–Trinajstić information content (AvgIpc) is 3.12. The number of anilines is 1. The summed E-state index contributed by atoms with van der Waals surface area (Å²) in [5, 5.41) is 3.85. The van der Waals surface area contributed by atoms with Crippen molar-refractivity contribution in [3.63, 3.8) is 0 Å². The van der Waals surface area contributed by atoms with E-state index in [0.717, 1.165) is 11.1 Å². The first-order chi connectivity index (χ1) is 15.8. The van der Waals surface area contributed by atoms with E-state index < -0.39 is 0 Å². The molecule has 1 heterocycles. The van der Waals surface area contributed by atoms with E-state index in [9.17, 15) is 9.59 Å². The van der Waals surface area contributed by atoms with E-state index in [-0.39, 0.29) is 29.4 Å². The van der Waals surface area contributed by atoms with Gasteiger partial charge in [0, 0.05) is 25.5 Å². The van der Waals surface area contributed by atoms with Crippen LogP contribution in [-0.2, 0) is 22.5 Å². The maximum absolute atomic E-state index is 13.4. The fraction of sp³-hybridized carbons (Fsp3) is 0.320. The number of benzene rings is 2. The zero-order valence-corrected chi connectivity index (χ0v) is 19.8. The van der Waals surface area contributed by atoms with Crippen LogP contribution in [0.3, 0.4) is 0 Å². The predicted molar refractivity (Wildman–Crippen MR) is 128 cm³/mol. The van der Waals surface area contributed by atoms with Crippen LogP contribution in [0.25, 0.3) is 11.3 Å². The first kappa shape index (κ1) is 22.9. The summed E-state index contributed by atoms with van der Waals surface area (Å²) in [5.41, 5.74) is 3.36. The number of nitrogens with one attached hydrogen (secondary N) is 1. The summed E-state index contributed by atoms with van der Waals surface area (Å²) >= 11 is 6.43. The average molecular weight is 468 g/mol. The molecule has 0 amide bonds. The van der Waals surface area contributed by atoms with Crippen LogP contribution in [0.4, 0.5) is 5.82 Å². The molecule has 0 saturated carbocycles. The van der Waals surface area contributed by atoms with Crippen molar-refractivity contribution in [2.45, 2.75) is 45.9 Å². The van der Waals surface area contributed by atoms with Gasteiger partial charge >= 0.3 is 5.97 Å². The van der Waals surface area contributed by atoms with Crippen LogP contribution in [0.5, 0.6) is 5.75 Å². The summed E-state index contributed by atoms with van der Waals surface area (Å²) in [6, 6.07) is 12.8. The predicted octanol–water partition coefficient (Wildman–Crippen LogP) is 4.54. The van der Waals surface area contributed by atoms with Crippen LogP contribution in [0.2, 0.25) is 5.02 Å². The van der Waals surface area contributed by atoms with Crippen LogP contribution in [0.15, 0.2) is 47.3 Å². The molecule has 1 N–H and O–H groups in total. The number of esters is 1. The number of hydrogen-bond acceptors (Lipinski definition) is 6. The number of carbonyl (C=O) groups excluding carboxylic acids is 1. The standard InChI is InChI=1S/C25H26ClN3O4/c1-5-29-24(28-22-18-9-7-6-8-16(18)12-21(22)33-15(3)30)14(2)27-23(25(29)31)19-11-10-17(32-4)13-20(19)26/h6-11,13,21-22,28H,5,12H2,1-4H3. The van der Waals surface area contributed by atoms with Gasteiger partial charge in [0.05, 0.1) is 23.9 Å². The second kappa shape index (κ2) is 9.27. The Morgan fingerprint density at radius 3 is 2.70 bits per heavy atom. The van der Waals surface area contributed by atoms with E-state index in [0.29, 0.717) is 40.8 Å². The number of halogens is 1. The van der Waals surface area contributed by atoms with Crippen molar-refractivity contribution in [2.24, 2.45) is 0 Å². The van der Waals surface area contributed by atoms with Crippen molar-refractivity contribution in [2.75, 3.05) is 12.4 Å². The van der Waals surface area contributed by atoms with Gasteiger partial charge in [0.1, 0.15) is 23.4 Å². The molecule has 4 rings (SSSR count). The van der Waals surface area contributed by atoms with Crippen molar-refractivity contribution in [3.05, 3.63) is 74.7 Å². The minimum atomic E-state index is -0.379. The largest absolute Gasteiger partial charge is 0.497 e. The highest BCUT2D eigenvalue weighted by atomic mass is 35.5. The van der Waals surface area contributed by atoms with Gasteiger partial charge in [-0.25, -0.2) is 4.98 Å². The van der Waals surface area contributed by atoms with Gasteiger partial charge in [-0.3, -0.25) is 14.2 Å². The molecule has 0 radical (unpaired) electrons. The van der Waals surface area contributed by atoms with Gasteiger partial charge in [0.2, 0.25) is 0 Å².